The molecule has 1 aliphatic rings. The van der Waals surface area contributed by atoms with E-state index in [2.05, 4.69) is 5.32 Å². The van der Waals surface area contributed by atoms with Crippen LogP contribution in [-0.2, 0) is 17.9 Å². The minimum Gasteiger partial charge on any atom is -0.324 e. The van der Waals surface area contributed by atoms with E-state index in [1.165, 1.54) is 0 Å². The molecule has 0 spiro atoms. The van der Waals surface area contributed by atoms with Crippen molar-refractivity contribution < 1.29 is 9.72 Å². The monoisotopic (exact) mass is 311 g/mol. The number of anilines is 1. The number of rotatable bonds is 3. The molecule has 0 bridgehead atoms. The number of carbonyl (C=O) groups excluding carboxylic acids is 1. The van der Waals surface area contributed by atoms with Gasteiger partial charge < -0.3 is 5.32 Å². The number of fused-ring (bicyclic) bond motifs is 1. The van der Waals surface area contributed by atoms with Gasteiger partial charge in [0.15, 0.2) is 0 Å². The average molecular weight is 311 g/mol. The van der Waals surface area contributed by atoms with Crippen LogP contribution in [0.15, 0.2) is 42.5 Å². The molecular weight excluding hydrogens is 294 g/mol. The van der Waals surface area contributed by atoms with Crippen LogP contribution in [0.3, 0.4) is 0 Å². The first-order valence-electron chi connectivity index (χ1n) is 7.37. The third kappa shape index (κ3) is 3.22. The third-order valence-electron chi connectivity index (χ3n) is 3.94. The maximum Gasteiger partial charge on any atom is 0.278 e. The number of nitrogens with one attached hydrogen (secondary N) is 1. The van der Waals surface area contributed by atoms with Crippen LogP contribution in [0.1, 0.15) is 16.7 Å². The third-order valence-corrected chi connectivity index (χ3v) is 3.94. The molecule has 2 aromatic rings. The molecule has 3 rings (SSSR count). The van der Waals surface area contributed by atoms with E-state index < -0.39 is 0 Å². The number of benzene rings is 2. The largest absolute Gasteiger partial charge is 0.324 e. The fourth-order valence-corrected chi connectivity index (χ4v) is 2.91. The van der Waals surface area contributed by atoms with Gasteiger partial charge in [0.05, 0.1) is 22.7 Å². The van der Waals surface area contributed by atoms with Gasteiger partial charge in [-0.1, -0.05) is 36.4 Å². The SMILES string of the molecule is Cc1ccc2c(c1[N+](=O)[O-])CN(Cc1ccccc1)CC(=O)N2. The van der Waals surface area contributed by atoms with Crippen molar-refractivity contribution in [3.8, 4) is 0 Å². The maximum absolute atomic E-state index is 12.1. The Morgan fingerprint density at radius 1 is 1.17 bits per heavy atom. The Kier molecular flexibility index (Phi) is 4.08. The summed E-state index contributed by atoms with van der Waals surface area (Å²) in [7, 11) is 0. The molecule has 1 amide bonds. The van der Waals surface area contributed by atoms with Crippen LogP contribution in [0, 0.1) is 17.0 Å². The highest BCUT2D eigenvalue weighted by molar-refractivity contribution is 5.94. The quantitative estimate of drug-likeness (QED) is 0.698. The summed E-state index contributed by atoms with van der Waals surface area (Å²) in [4.78, 5) is 25.1. The molecule has 0 unspecified atom stereocenters. The topological polar surface area (TPSA) is 75.5 Å². The molecule has 6 heteroatoms. The zero-order chi connectivity index (χ0) is 16.4. The summed E-state index contributed by atoms with van der Waals surface area (Å²) < 4.78 is 0. The van der Waals surface area contributed by atoms with E-state index in [9.17, 15) is 14.9 Å². The normalized spacial score (nSPS) is 14.7. The maximum atomic E-state index is 12.1. The minimum atomic E-state index is -0.369. The van der Waals surface area contributed by atoms with Crippen LogP contribution in [0.2, 0.25) is 0 Å². The van der Waals surface area contributed by atoms with E-state index in [0.29, 0.717) is 29.9 Å². The molecule has 118 valence electrons. The highest BCUT2D eigenvalue weighted by Gasteiger charge is 2.27. The summed E-state index contributed by atoms with van der Waals surface area (Å²) in [6.45, 7) is 2.85. The summed E-state index contributed by atoms with van der Waals surface area (Å²) >= 11 is 0. The second-order valence-electron chi connectivity index (χ2n) is 5.69. The first kappa shape index (κ1) is 15.2. The van der Waals surface area contributed by atoms with E-state index in [0.717, 1.165) is 5.56 Å². The molecule has 2 aromatic carbocycles. The Labute approximate surface area is 133 Å². The van der Waals surface area contributed by atoms with Gasteiger partial charge in [0.25, 0.3) is 5.69 Å². The zero-order valence-corrected chi connectivity index (χ0v) is 12.8. The van der Waals surface area contributed by atoms with E-state index in [1.54, 1.807) is 19.1 Å². The van der Waals surface area contributed by atoms with Gasteiger partial charge in [-0.2, -0.15) is 0 Å². The summed E-state index contributed by atoms with van der Waals surface area (Å²) in [6.07, 6.45) is 0. The highest BCUT2D eigenvalue weighted by atomic mass is 16.6. The van der Waals surface area contributed by atoms with Gasteiger partial charge in [-0.25, -0.2) is 0 Å². The Bertz CT molecular complexity index is 759. The van der Waals surface area contributed by atoms with E-state index in [1.807, 2.05) is 35.2 Å². The fraction of sp³-hybridized carbons (Fsp3) is 0.235. The lowest BCUT2D eigenvalue weighted by Gasteiger charge is -2.19. The Morgan fingerprint density at radius 2 is 1.91 bits per heavy atom. The molecule has 0 aromatic heterocycles. The number of hydrogen-bond donors (Lipinski definition) is 1. The van der Waals surface area contributed by atoms with Crippen molar-refractivity contribution in [3.63, 3.8) is 0 Å². The number of nitro benzene ring substituents is 1. The highest BCUT2D eigenvalue weighted by Crippen LogP contribution is 2.33. The second-order valence-corrected chi connectivity index (χ2v) is 5.69. The lowest BCUT2D eigenvalue weighted by atomic mass is 10.1. The van der Waals surface area contributed by atoms with Gasteiger partial charge in [0, 0.05) is 18.7 Å². The lowest BCUT2D eigenvalue weighted by molar-refractivity contribution is -0.386. The fourth-order valence-electron chi connectivity index (χ4n) is 2.91. The molecule has 0 atom stereocenters. The molecule has 1 aliphatic heterocycles. The second kappa shape index (κ2) is 6.18. The zero-order valence-electron chi connectivity index (χ0n) is 12.8. The van der Waals surface area contributed by atoms with Crippen molar-refractivity contribution in [2.24, 2.45) is 0 Å². The predicted molar refractivity (Wildman–Crippen MR) is 87.0 cm³/mol. The van der Waals surface area contributed by atoms with Crippen LogP contribution < -0.4 is 5.32 Å². The van der Waals surface area contributed by atoms with Gasteiger partial charge in [0.2, 0.25) is 5.91 Å². The van der Waals surface area contributed by atoms with Crippen LogP contribution in [-0.4, -0.2) is 22.3 Å². The van der Waals surface area contributed by atoms with Crippen molar-refractivity contribution >= 4 is 17.3 Å². The van der Waals surface area contributed by atoms with Gasteiger partial charge in [0.1, 0.15) is 0 Å². The van der Waals surface area contributed by atoms with Crippen molar-refractivity contribution in [1.82, 2.24) is 4.90 Å². The van der Waals surface area contributed by atoms with Crippen molar-refractivity contribution in [2.75, 3.05) is 11.9 Å². The Morgan fingerprint density at radius 3 is 2.61 bits per heavy atom. The molecule has 6 nitrogen and oxygen atoms in total. The van der Waals surface area contributed by atoms with Crippen molar-refractivity contribution in [1.29, 1.82) is 0 Å². The predicted octanol–water partition coefficient (Wildman–Crippen LogP) is 2.86. The van der Waals surface area contributed by atoms with Crippen LogP contribution in [0.25, 0.3) is 0 Å². The number of nitrogens with zero attached hydrogens (tertiary/aromatic N) is 2. The van der Waals surface area contributed by atoms with Crippen LogP contribution >= 0.6 is 0 Å². The van der Waals surface area contributed by atoms with Gasteiger partial charge in [-0.05, 0) is 18.6 Å². The van der Waals surface area contributed by atoms with Gasteiger partial charge in [-0.3, -0.25) is 19.8 Å². The van der Waals surface area contributed by atoms with Gasteiger partial charge in [-0.15, -0.1) is 0 Å². The number of nitro groups is 1. The smallest absolute Gasteiger partial charge is 0.278 e. The van der Waals surface area contributed by atoms with Crippen LogP contribution in [0.5, 0.6) is 0 Å². The van der Waals surface area contributed by atoms with Gasteiger partial charge >= 0.3 is 0 Å². The summed E-state index contributed by atoms with van der Waals surface area (Å²) in [5.74, 6) is -0.155. The molecule has 0 saturated heterocycles. The summed E-state index contributed by atoms with van der Waals surface area (Å²) in [6, 6.07) is 13.2. The number of aryl methyl sites for hydroxylation is 1. The molecule has 0 radical (unpaired) electrons. The molecule has 0 aliphatic carbocycles. The average Bonchev–Trinajstić information content (AvgIpc) is 2.65. The Balaban J connectivity index is 1.97. The molecule has 23 heavy (non-hydrogen) atoms. The molecule has 1 heterocycles. The van der Waals surface area contributed by atoms with Crippen LogP contribution in [0.4, 0.5) is 11.4 Å². The van der Waals surface area contributed by atoms with E-state index >= 15 is 0 Å². The van der Waals surface area contributed by atoms with E-state index in [4.69, 9.17) is 0 Å². The summed E-state index contributed by atoms with van der Waals surface area (Å²) in [5.41, 5.74) is 2.85. The molecule has 0 fully saturated rings. The Hall–Kier alpha value is -2.73. The molecular formula is C17H17N3O3. The number of hydrogen-bond acceptors (Lipinski definition) is 4. The van der Waals surface area contributed by atoms with E-state index in [-0.39, 0.29) is 23.1 Å². The molecule has 0 saturated carbocycles. The number of carbonyl (C=O) groups is 1. The van der Waals surface area contributed by atoms with Crippen molar-refractivity contribution in [3.05, 3.63) is 69.3 Å². The molecule has 1 N–H and O–H groups in total. The summed E-state index contributed by atoms with van der Waals surface area (Å²) in [5, 5.41) is 14.2. The first-order valence-corrected chi connectivity index (χ1v) is 7.37. The minimum absolute atomic E-state index is 0.0859. The number of amides is 1. The van der Waals surface area contributed by atoms with Crippen molar-refractivity contribution in [2.45, 2.75) is 20.0 Å². The first-order chi connectivity index (χ1) is 11.0. The standard InChI is InChI=1S/C17H17N3O3/c1-12-7-8-15-14(17(12)20(22)23)10-19(11-16(21)18-15)9-13-5-3-2-4-6-13/h2-8H,9-11H2,1H3,(H,18,21). The lowest BCUT2D eigenvalue weighted by Crippen LogP contribution is -2.29.